The third-order valence-electron chi connectivity index (χ3n) is 1.44. The van der Waals surface area contributed by atoms with Gasteiger partial charge in [0.25, 0.3) is 0 Å². The van der Waals surface area contributed by atoms with E-state index in [4.69, 9.17) is 5.11 Å². The molecule has 0 aromatic carbocycles. The lowest BCUT2D eigenvalue weighted by Crippen LogP contribution is -2.05. The molecule has 1 rings (SSSR count). The van der Waals surface area contributed by atoms with Crippen LogP contribution in [0.2, 0.25) is 0 Å². The van der Waals surface area contributed by atoms with Crippen molar-refractivity contribution >= 4 is 0 Å². The summed E-state index contributed by atoms with van der Waals surface area (Å²) in [7, 11) is 0. The third kappa shape index (κ3) is 2.73. The first-order valence-corrected chi connectivity index (χ1v) is 3.69. The van der Waals surface area contributed by atoms with Gasteiger partial charge in [0.1, 0.15) is 0 Å². The van der Waals surface area contributed by atoms with Crippen molar-refractivity contribution in [1.82, 2.24) is 10.2 Å². The van der Waals surface area contributed by atoms with E-state index in [1.165, 1.54) is 6.92 Å². The van der Waals surface area contributed by atoms with Gasteiger partial charge in [-0.3, -0.25) is 5.10 Å². The Labute approximate surface area is 72.6 Å². The SMILES string of the molecule is C[C@@H](O)Cc1cc(C(F)(F)F)n[nH]1. The van der Waals surface area contributed by atoms with E-state index in [0.717, 1.165) is 6.07 Å². The highest BCUT2D eigenvalue weighted by atomic mass is 19.4. The molecule has 0 unspecified atom stereocenters. The minimum atomic E-state index is -4.42. The van der Waals surface area contributed by atoms with Crippen LogP contribution in [-0.2, 0) is 12.6 Å². The molecule has 0 spiro atoms. The zero-order chi connectivity index (χ0) is 10.1. The fraction of sp³-hybridized carbons (Fsp3) is 0.571. The normalized spacial score (nSPS) is 14.5. The standard InChI is InChI=1S/C7H9F3N2O/c1-4(13)2-5-3-6(12-11-5)7(8,9)10/h3-4,13H,2H2,1H3,(H,11,12)/t4-/m1/s1. The van der Waals surface area contributed by atoms with Crippen molar-refractivity contribution in [2.45, 2.75) is 25.6 Å². The third-order valence-corrected chi connectivity index (χ3v) is 1.44. The minimum Gasteiger partial charge on any atom is -0.393 e. The van der Waals surface area contributed by atoms with E-state index in [1.807, 2.05) is 0 Å². The molecule has 0 radical (unpaired) electrons. The topological polar surface area (TPSA) is 48.9 Å². The molecule has 1 aromatic rings. The van der Waals surface area contributed by atoms with Crippen LogP contribution in [0.1, 0.15) is 18.3 Å². The summed E-state index contributed by atoms with van der Waals surface area (Å²) >= 11 is 0. The average Bonchev–Trinajstić information content (AvgIpc) is 2.32. The molecular formula is C7H9F3N2O. The largest absolute Gasteiger partial charge is 0.435 e. The highest BCUT2D eigenvalue weighted by Crippen LogP contribution is 2.27. The van der Waals surface area contributed by atoms with Gasteiger partial charge in [0.15, 0.2) is 5.69 Å². The molecule has 3 nitrogen and oxygen atoms in total. The van der Waals surface area contributed by atoms with Crippen LogP contribution in [-0.4, -0.2) is 21.4 Å². The quantitative estimate of drug-likeness (QED) is 0.746. The van der Waals surface area contributed by atoms with E-state index in [0.29, 0.717) is 0 Å². The van der Waals surface area contributed by atoms with Crippen molar-refractivity contribution in [3.8, 4) is 0 Å². The zero-order valence-corrected chi connectivity index (χ0v) is 6.89. The second-order valence-corrected chi connectivity index (χ2v) is 2.83. The molecule has 0 aliphatic carbocycles. The lowest BCUT2D eigenvalue weighted by atomic mass is 10.2. The molecule has 0 amide bonds. The zero-order valence-electron chi connectivity index (χ0n) is 6.89. The van der Waals surface area contributed by atoms with E-state index in [-0.39, 0.29) is 12.1 Å². The van der Waals surface area contributed by atoms with Crippen molar-refractivity contribution in [2.75, 3.05) is 0 Å². The van der Waals surface area contributed by atoms with Crippen LogP contribution in [0.5, 0.6) is 0 Å². The van der Waals surface area contributed by atoms with Crippen molar-refractivity contribution in [2.24, 2.45) is 0 Å². The number of halogens is 3. The monoisotopic (exact) mass is 194 g/mol. The van der Waals surface area contributed by atoms with Gasteiger partial charge in [-0.1, -0.05) is 0 Å². The van der Waals surface area contributed by atoms with Gasteiger partial charge < -0.3 is 5.11 Å². The molecule has 1 heterocycles. The van der Waals surface area contributed by atoms with Crippen LogP contribution >= 0.6 is 0 Å². The molecule has 2 N–H and O–H groups in total. The summed E-state index contributed by atoms with van der Waals surface area (Å²) < 4.78 is 36.0. The molecular weight excluding hydrogens is 185 g/mol. The second kappa shape index (κ2) is 3.37. The maximum atomic E-state index is 12.0. The van der Waals surface area contributed by atoms with Crippen molar-refractivity contribution < 1.29 is 18.3 Å². The van der Waals surface area contributed by atoms with Gasteiger partial charge in [0.2, 0.25) is 0 Å². The van der Waals surface area contributed by atoms with Crippen molar-refractivity contribution in [3.63, 3.8) is 0 Å². The summed E-state index contributed by atoms with van der Waals surface area (Å²) in [5.74, 6) is 0. The van der Waals surface area contributed by atoms with Crippen molar-refractivity contribution in [1.29, 1.82) is 0 Å². The summed E-state index contributed by atoms with van der Waals surface area (Å²) in [6, 6.07) is 0.896. The first-order valence-electron chi connectivity index (χ1n) is 3.69. The molecule has 1 atom stereocenters. The minimum absolute atomic E-state index is 0.142. The van der Waals surface area contributed by atoms with Gasteiger partial charge in [-0.25, -0.2) is 0 Å². The number of aromatic nitrogens is 2. The Hall–Kier alpha value is -1.04. The van der Waals surface area contributed by atoms with Crippen LogP contribution in [0.25, 0.3) is 0 Å². The molecule has 6 heteroatoms. The van der Waals surface area contributed by atoms with Crippen LogP contribution in [0.15, 0.2) is 6.07 Å². The van der Waals surface area contributed by atoms with Crippen molar-refractivity contribution in [3.05, 3.63) is 17.5 Å². The Bertz CT molecular complexity index is 280. The highest BCUT2D eigenvalue weighted by molar-refractivity contribution is 5.12. The van der Waals surface area contributed by atoms with Crippen LogP contribution in [0.4, 0.5) is 13.2 Å². The second-order valence-electron chi connectivity index (χ2n) is 2.83. The molecule has 0 saturated heterocycles. The average molecular weight is 194 g/mol. The molecule has 0 fully saturated rings. The molecule has 0 aliphatic heterocycles. The summed E-state index contributed by atoms with van der Waals surface area (Å²) in [4.78, 5) is 0. The smallest absolute Gasteiger partial charge is 0.393 e. The Morgan fingerprint density at radius 2 is 2.23 bits per heavy atom. The van der Waals surface area contributed by atoms with Gasteiger partial charge in [-0.15, -0.1) is 0 Å². The van der Waals surface area contributed by atoms with E-state index in [9.17, 15) is 13.2 Å². The first kappa shape index (κ1) is 10.0. The van der Waals surface area contributed by atoms with E-state index >= 15 is 0 Å². The predicted octanol–water partition coefficient (Wildman–Crippen LogP) is 1.35. The summed E-state index contributed by atoms with van der Waals surface area (Å²) in [5, 5.41) is 14.2. The highest BCUT2D eigenvalue weighted by Gasteiger charge is 2.33. The number of rotatable bonds is 2. The maximum absolute atomic E-state index is 12.0. The number of nitrogens with one attached hydrogen (secondary N) is 1. The molecule has 0 aliphatic rings. The molecule has 0 saturated carbocycles. The molecule has 0 bridgehead atoms. The predicted molar refractivity (Wildman–Crippen MR) is 39.0 cm³/mol. The molecule has 13 heavy (non-hydrogen) atoms. The number of aromatic amines is 1. The van der Waals surface area contributed by atoms with E-state index in [1.54, 1.807) is 0 Å². The molecule has 74 valence electrons. The lowest BCUT2D eigenvalue weighted by molar-refractivity contribution is -0.141. The number of H-pyrrole nitrogens is 1. The summed E-state index contributed by atoms with van der Waals surface area (Å²) in [6.45, 7) is 1.49. The van der Waals surface area contributed by atoms with Gasteiger partial charge >= 0.3 is 6.18 Å². The number of nitrogens with zero attached hydrogens (tertiary/aromatic N) is 1. The number of hydrogen-bond acceptors (Lipinski definition) is 2. The number of aliphatic hydroxyl groups is 1. The fourth-order valence-electron chi connectivity index (χ4n) is 0.930. The maximum Gasteiger partial charge on any atom is 0.435 e. The van der Waals surface area contributed by atoms with E-state index < -0.39 is 18.0 Å². The van der Waals surface area contributed by atoms with Gasteiger partial charge in [0, 0.05) is 12.1 Å². The van der Waals surface area contributed by atoms with E-state index in [2.05, 4.69) is 10.2 Å². The summed E-state index contributed by atoms with van der Waals surface area (Å²) in [5.41, 5.74) is -0.675. The van der Waals surface area contributed by atoms with Gasteiger partial charge in [-0.2, -0.15) is 18.3 Å². The van der Waals surface area contributed by atoms with Crippen LogP contribution in [0, 0.1) is 0 Å². The Kier molecular flexibility index (Phi) is 2.60. The lowest BCUT2D eigenvalue weighted by Gasteiger charge is -2.00. The Balaban J connectivity index is 2.75. The molecule has 1 aromatic heterocycles. The fourth-order valence-corrected chi connectivity index (χ4v) is 0.930. The van der Waals surface area contributed by atoms with Crippen LogP contribution < -0.4 is 0 Å². The number of alkyl halides is 3. The number of hydrogen-bond donors (Lipinski definition) is 2. The van der Waals surface area contributed by atoms with Gasteiger partial charge in [0.05, 0.1) is 6.10 Å². The van der Waals surface area contributed by atoms with Gasteiger partial charge in [-0.05, 0) is 13.0 Å². The Morgan fingerprint density at radius 1 is 1.62 bits per heavy atom. The summed E-state index contributed by atoms with van der Waals surface area (Å²) in [6.07, 6.45) is -4.96. The first-order chi connectivity index (χ1) is 5.89. The number of aliphatic hydroxyl groups excluding tert-OH is 1. The van der Waals surface area contributed by atoms with Crippen LogP contribution in [0.3, 0.4) is 0 Å². The Morgan fingerprint density at radius 3 is 2.62 bits per heavy atom.